The van der Waals surface area contributed by atoms with Crippen LogP contribution in [0.3, 0.4) is 0 Å². The number of ether oxygens (including phenoxy) is 1. The Balaban J connectivity index is 2.08. The van der Waals surface area contributed by atoms with E-state index in [9.17, 15) is 10.1 Å². The van der Waals surface area contributed by atoms with Gasteiger partial charge in [-0.1, -0.05) is 12.1 Å². The maximum Gasteiger partial charge on any atom is 0.306 e. The fourth-order valence-corrected chi connectivity index (χ4v) is 2.71. The summed E-state index contributed by atoms with van der Waals surface area (Å²) in [4.78, 5) is 13.0. The van der Waals surface area contributed by atoms with E-state index < -0.39 is 5.97 Å². The predicted molar refractivity (Wildman–Crippen MR) is 77.9 cm³/mol. The monoisotopic (exact) mass is 288 g/mol. The van der Waals surface area contributed by atoms with Crippen LogP contribution >= 0.6 is 0 Å². The van der Waals surface area contributed by atoms with Gasteiger partial charge in [-0.15, -0.1) is 0 Å². The molecule has 1 aromatic rings. The van der Waals surface area contributed by atoms with Gasteiger partial charge in [0.2, 0.25) is 0 Å². The van der Waals surface area contributed by atoms with Crippen molar-refractivity contribution in [1.29, 1.82) is 5.26 Å². The van der Waals surface area contributed by atoms with Crippen LogP contribution in [0.15, 0.2) is 24.3 Å². The molecule has 1 saturated heterocycles. The summed E-state index contributed by atoms with van der Waals surface area (Å²) < 4.78 is 5.47. The number of benzene rings is 1. The van der Waals surface area contributed by atoms with E-state index in [0.717, 1.165) is 11.3 Å². The van der Waals surface area contributed by atoms with E-state index in [-0.39, 0.29) is 12.0 Å². The first-order valence-corrected chi connectivity index (χ1v) is 7.25. The highest BCUT2D eigenvalue weighted by Crippen LogP contribution is 2.28. The van der Waals surface area contributed by atoms with Gasteiger partial charge >= 0.3 is 5.97 Å². The lowest BCUT2D eigenvalue weighted by molar-refractivity contribution is -0.143. The lowest BCUT2D eigenvalue weighted by atomic mass is 9.94. The number of carboxylic acids is 1. The number of piperidine rings is 1. The van der Waals surface area contributed by atoms with Crippen LogP contribution in [0.5, 0.6) is 5.75 Å². The third kappa shape index (κ3) is 3.73. The van der Waals surface area contributed by atoms with Gasteiger partial charge in [-0.05, 0) is 37.5 Å². The van der Waals surface area contributed by atoms with E-state index in [1.807, 2.05) is 36.1 Å². The summed E-state index contributed by atoms with van der Waals surface area (Å²) in [6.45, 7) is 3.78. The van der Waals surface area contributed by atoms with Crippen molar-refractivity contribution >= 4 is 5.97 Å². The molecule has 5 heteroatoms. The van der Waals surface area contributed by atoms with Crippen molar-refractivity contribution in [1.82, 2.24) is 4.90 Å². The maximum absolute atomic E-state index is 11.0. The van der Waals surface area contributed by atoms with Crippen LogP contribution < -0.4 is 4.74 Å². The third-order valence-electron chi connectivity index (χ3n) is 3.85. The molecule has 1 fully saturated rings. The van der Waals surface area contributed by atoms with E-state index in [4.69, 9.17) is 9.84 Å². The molecule has 1 aliphatic rings. The quantitative estimate of drug-likeness (QED) is 0.901. The van der Waals surface area contributed by atoms with Crippen molar-refractivity contribution < 1.29 is 14.6 Å². The Kier molecular flexibility index (Phi) is 5.18. The van der Waals surface area contributed by atoms with Crippen LogP contribution in [-0.4, -0.2) is 35.7 Å². The lowest BCUT2D eigenvalue weighted by Crippen LogP contribution is -2.38. The number of carboxylic acid groups (broad SMARTS) is 1. The third-order valence-corrected chi connectivity index (χ3v) is 3.85. The summed E-state index contributed by atoms with van der Waals surface area (Å²) in [6, 6.07) is 9.54. The summed E-state index contributed by atoms with van der Waals surface area (Å²) in [5.74, 6) is -0.257. The van der Waals surface area contributed by atoms with Crippen molar-refractivity contribution in [2.75, 3.05) is 19.7 Å². The standard InChI is InChI=1S/C16H20N2O3/c1-2-21-14-5-3-4-13(10-14)15(11-17)18-8-6-12(7-9-18)16(19)20/h3-5,10,12,15H,2,6-9H2,1H3,(H,19,20). The fourth-order valence-electron chi connectivity index (χ4n) is 2.71. The number of aliphatic carboxylic acids is 1. The highest BCUT2D eigenvalue weighted by molar-refractivity contribution is 5.70. The molecule has 1 aliphatic heterocycles. The number of rotatable bonds is 5. The molecule has 1 heterocycles. The van der Waals surface area contributed by atoms with Crippen LogP contribution in [0.1, 0.15) is 31.4 Å². The molecule has 112 valence electrons. The Bertz CT molecular complexity index is 531. The largest absolute Gasteiger partial charge is 0.494 e. The van der Waals surface area contributed by atoms with E-state index in [1.165, 1.54) is 0 Å². The van der Waals surface area contributed by atoms with E-state index in [1.54, 1.807) is 0 Å². The van der Waals surface area contributed by atoms with Crippen molar-refractivity contribution in [2.45, 2.75) is 25.8 Å². The molecule has 0 amide bonds. The van der Waals surface area contributed by atoms with Crippen molar-refractivity contribution in [2.24, 2.45) is 5.92 Å². The molecule has 0 spiro atoms. The summed E-state index contributed by atoms with van der Waals surface area (Å²) in [7, 11) is 0. The first kappa shape index (κ1) is 15.3. The number of carbonyl (C=O) groups is 1. The summed E-state index contributed by atoms with van der Waals surface area (Å²) in [5, 5.41) is 18.5. The summed E-state index contributed by atoms with van der Waals surface area (Å²) >= 11 is 0. The zero-order chi connectivity index (χ0) is 15.2. The van der Waals surface area contributed by atoms with Gasteiger partial charge in [0.25, 0.3) is 0 Å². The molecule has 1 unspecified atom stereocenters. The molecular weight excluding hydrogens is 268 g/mol. The Morgan fingerprint density at radius 3 is 2.81 bits per heavy atom. The molecule has 0 bridgehead atoms. The summed E-state index contributed by atoms with van der Waals surface area (Å²) in [6.07, 6.45) is 1.19. The second-order valence-electron chi connectivity index (χ2n) is 5.19. The number of nitriles is 1. The van der Waals surface area contributed by atoms with Gasteiger partial charge in [0.1, 0.15) is 11.8 Å². The minimum Gasteiger partial charge on any atom is -0.494 e. The number of nitrogens with zero attached hydrogens (tertiary/aromatic N) is 2. The van der Waals surface area contributed by atoms with Crippen LogP contribution in [0, 0.1) is 17.2 Å². The topological polar surface area (TPSA) is 73.6 Å². The first-order valence-electron chi connectivity index (χ1n) is 7.25. The number of likely N-dealkylation sites (tertiary alicyclic amines) is 1. The molecule has 0 saturated carbocycles. The van der Waals surface area contributed by atoms with Crippen LogP contribution in [0.4, 0.5) is 0 Å². The van der Waals surface area contributed by atoms with Gasteiger partial charge in [-0.25, -0.2) is 0 Å². The highest BCUT2D eigenvalue weighted by atomic mass is 16.5. The van der Waals surface area contributed by atoms with Crippen molar-refractivity contribution in [3.05, 3.63) is 29.8 Å². The van der Waals surface area contributed by atoms with Crippen molar-refractivity contribution in [3.8, 4) is 11.8 Å². The van der Waals surface area contributed by atoms with Crippen LogP contribution in [0.25, 0.3) is 0 Å². The van der Waals surface area contributed by atoms with Gasteiger partial charge in [0.05, 0.1) is 18.6 Å². The lowest BCUT2D eigenvalue weighted by Gasteiger charge is -2.33. The Hall–Kier alpha value is -2.06. The van der Waals surface area contributed by atoms with E-state index >= 15 is 0 Å². The van der Waals surface area contributed by atoms with Gasteiger partial charge in [0.15, 0.2) is 0 Å². The van der Waals surface area contributed by atoms with E-state index in [2.05, 4.69) is 6.07 Å². The van der Waals surface area contributed by atoms with Gasteiger partial charge in [0, 0.05) is 13.1 Å². The molecule has 0 aliphatic carbocycles. The zero-order valence-electron chi connectivity index (χ0n) is 12.2. The average Bonchev–Trinajstić information content (AvgIpc) is 2.49. The second-order valence-corrected chi connectivity index (χ2v) is 5.19. The molecular formula is C16H20N2O3. The maximum atomic E-state index is 11.0. The Morgan fingerprint density at radius 2 is 2.24 bits per heavy atom. The minimum absolute atomic E-state index is 0.282. The molecule has 1 aromatic carbocycles. The van der Waals surface area contributed by atoms with Crippen LogP contribution in [-0.2, 0) is 4.79 Å². The molecule has 0 radical (unpaired) electrons. The molecule has 21 heavy (non-hydrogen) atoms. The molecule has 1 N–H and O–H groups in total. The molecule has 1 atom stereocenters. The second kappa shape index (κ2) is 7.09. The van der Waals surface area contributed by atoms with Gasteiger partial charge in [-0.3, -0.25) is 9.69 Å². The first-order chi connectivity index (χ1) is 10.2. The zero-order valence-corrected chi connectivity index (χ0v) is 12.2. The predicted octanol–water partition coefficient (Wildman–Crippen LogP) is 2.45. The highest BCUT2D eigenvalue weighted by Gasteiger charge is 2.29. The van der Waals surface area contributed by atoms with Gasteiger partial charge in [-0.2, -0.15) is 5.26 Å². The van der Waals surface area contributed by atoms with Crippen LogP contribution in [0.2, 0.25) is 0 Å². The Morgan fingerprint density at radius 1 is 1.52 bits per heavy atom. The summed E-state index contributed by atoms with van der Waals surface area (Å²) in [5.41, 5.74) is 0.900. The molecule has 2 rings (SSSR count). The fraction of sp³-hybridized carbons (Fsp3) is 0.500. The number of hydrogen-bond acceptors (Lipinski definition) is 4. The smallest absolute Gasteiger partial charge is 0.306 e. The average molecular weight is 288 g/mol. The SMILES string of the molecule is CCOc1cccc(C(C#N)N2CCC(C(=O)O)CC2)c1. The number of hydrogen-bond donors (Lipinski definition) is 1. The van der Waals surface area contributed by atoms with E-state index in [0.29, 0.717) is 32.5 Å². The minimum atomic E-state index is -0.735. The molecule has 5 nitrogen and oxygen atoms in total. The molecule has 0 aromatic heterocycles. The Labute approximate surface area is 124 Å². The van der Waals surface area contributed by atoms with Gasteiger partial charge < -0.3 is 9.84 Å². The van der Waals surface area contributed by atoms with Crippen molar-refractivity contribution in [3.63, 3.8) is 0 Å². The normalized spacial score (nSPS) is 17.9.